The van der Waals surface area contributed by atoms with Crippen LogP contribution in [0.1, 0.15) is 5.56 Å². The van der Waals surface area contributed by atoms with Gasteiger partial charge in [0.25, 0.3) is 0 Å². The SMILES string of the molecule is C=CCOC(=O)NOS(=O)(=O)c1ccc(C)cc1. The van der Waals surface area contributed by atoms with Gasteiger partial charge in [-0.05, 0) is 19.1 Å². The van der Waals surface area contributed by atoms with Crippen molar-refractivity contribution in [1.82, 2.24) is 5.48 Å². The average Bonchev–Trinajstić information content (AvgIpc) is 2.34. The molecule has 98 valence electrons. The van der Waals surface area contributed by atoms with Crippen LogP contribution in [0, 0.1) is 6.92 Å². The molecule has 0 aliphatic rings. The number of carbonyl (C=O) groups is 1. The van der Waals surface area contributed by atoms with E-state index in [0.29, 0.717) is 0 Å². The van der Waals surface area contributed by atoms with E-state index in [-0.39, 0.29) is 11.5 Å². The molecular formula is C11H13NO5S. The molecule has 0 heterocycles. The van der Waals surface area contributed by atoms with Crippen LogP contribution in [-0.2, 0) is 19.1 Å². The molecule has 0 aliphatic carbocycles. The summed E-state index contributed by atoms with van der Waals surface area (Å²) in [6.07, 6.45) is 0.333. The van der Waals surface area contributed by atoms with E-state index in [1.54, 1.807) is 17.6 Å². The highest BCUT2D eigenvalue weighted by molar-refractivity contribution is 7.86. The second-order valence-corrected chi connectivity index (χ2v) is 4.89. The molecule has 1 N–H and O–H groups in total. The molecule has 0 fully saturated rings. The minimum atomic E-state index is -4.03. The number of hydroxylamine groups is 1. The van der Waals surface area contributed by atoms with Gasteiger partial charge in [-0.1, -0.05) is 30.4 Å². The Kier molecular flexibility index (Phi) is 4.87. The van der Waals surface area contributed by atoms with E-state index in [4.69, 9.17) is 0 Å². The van der Waals surface area contributed by atoms with Crippen molar-refractivity contribution in [2.24, 2.45) is 0 Å². The molecule has 6 nitrogen and oxygen atoms in total. The summed E-state index contributed by atoms with van der Waals surface area (Å²) in [4.78, 5) is 10.9. The zero-order valence-corrected chi connectivity index (χ0v) is 10.6. The molecule has 0 saturated heterocycles. The lowest BCUT2D eigenvalue weighted by Crippen LogP contribution is -2.27. The molecule has 1 aromatic rings. The highest BCUT2D eigenvalue weighted by Crippen LogP contribution is 2.11. The molecule has 0 atom stereocenters. The topological polar surface area (TPSA) is 81.7 Å². The fraction of sp³-hybridized carbons (Fsp3) is 0.182. The molecule has 0 spiro atoms. The van der Waals surface area contributed by atoms with E-state index in [0.717, 1.165) is 5.56 Å². The van der Waals surface area contributed by atoms with Crippen LogP contribution in [0.4, 0.5) is 4.79 Å². The Morgan fingerprint density at radius 3 is 2.56 bits per heavy atom. The largest absolute Gasteiger partial charge is 0.444 e. The van der Waals surface area contributed by atoms with Crippen molar-refractivity contribution in [3.63, 3.8) is 0 Å². The van der Waals surface area contributed by atoms with E-state index >= 15 is 0 Å². The zero-order valence-electron chi connectivity index (χ0n) is 9.75. The Labute approximate surface area is 105 Å². The monoisotopic (exact) mass is 271 g/mol. The molecule has 0 unspecified atom stereocenters. The summed E-state index contributed by atoms with van der Waals surface area (Å²) in [6.45, 7) is 5.11. The van der Waals surface area contributed by atoms with Crippen LogP contribution < -0.4 is 5.48 Å². The van der Waals surface area contributed by atoms with Crippen LogP contribution in [0.5, 0.6) is 0 Å². The number of amides is 1. The summed E-state index contributed by atoms with van der Waals surface area (Å²) < 4.78 is 32.0. The highest BCUT2D eigenvalue weighted by Gasteiger charge is 2.17. The van der Waals surface area contributed by atoms with Gasteiger partial charge in [-0.2, -0.15) is 13.9 Å². The molecular weight excluding hydrogens is 258 g/mol. The smallest absolute Gasteiger partial charge is 0.432 e. The van der Waals surface area contributed by atoms with Gasteiger partial charge >= 0.3 is 16.2 Å². The summed E-state index contributed by atoms with van der Waals surface area (Å²) in [6, 6.07) is 5.99. The fourth-order valence-corrected chi connectivity index (χ4v) is 1.75. The molecule has 0 saturated carbocycles. The fourth-order valence-electron chi connectivity index (χ4n) is 1.01. The number of nitrogens with one attached hydrogen (secondary N) is 1. The summed E-state index contributed by atoms with van der Waals surface area (Å²) in [7, 11) is -4.03. The number of benzene rings is 1. The first-order chi connectivity index (χ1) is 8.45. The van der Waals surface area contributed by atoms with Gasteiger partial charge in [0.05, 0.1) is 4.90 Å². The summed E-state index contributed by atoms with van der Waals surface area (Å²) in [5, 5.41) is 0. The van der Waals surface area contributed by atoms with Gasteiger partial charge in [0.15, 0.2) is 0 Å². The van der Waals surface area contributed by atoms with Crippen molar-refractivity contribution in [2.75, 3.05) is 6.61 Å². The van der Waals surface area contributed by atoms with Crippen LogP contribution in [0.2, 0.25) is 0 Å². The predicted octanol–water partition coefficient (Wildman–Crippen LogP) is 1.53. The van der Waals surface area contributed by atoms with Gasteiger partial charge in [0.1, 0.15) is 6.61 Å². The summed E-state index contributed by atoms with van der Waals surface area (Å²) in [5.41, 5.74) is 2.58. The van der Waals surface area contributed by atoms with Crippen LogP contribution >= 0.6 is 0 Å². The third-order valence-corrected chi connectivity index (χ3v) is 3.03. The Balaban J connectivity index is 2.62. The van der Waals surface area contributed by atoms with Gasteiger partial charge in [-0.25, -0.2) is 4.79 Å². The van der Waals surface area contributed by atoms with Crippen LogP contribution in [0.25, 0.3) is 0 Å². The number of hydrogen-bond donors (Lipinski definition) is 1. The highest BCUT2D eigenvalue weighted by atomic mass is 32.2. The van der Waals surface area contributed by atoms with Gasteiger partial charge < -0.3 is 4.74 Å². The molecule has 0 aliphatic heterocycles. The minimum Gasteiger partial charge on any atom is -0.444 e. The van der Waals surface area contributed by atoms with Gasteiger partial charge in [-0.3, -0.25) is 0 Å². The van der Waals surface area contributed by atoms with Gasteiger partial charge in [0, 0.05) is 0 Å². The second kappa shape index (κ2) is 6.18. The van der Waals surface area contributed by atoms with Crippen molar-refractivity contribution in [1.29, 1.82) is 0 Å². The lowest BCUT2D eigenvalue weighted by Gasteiger charge is -2.06. The lowest BCUT2D eigenvalue weighted by molar-refractivity contribution is 0.111. The van der Waals surface area contributed by atoms with E-state index in [9.17, 15) is 13.2 Å². The standard InChI is InChI=1S/C11H13NO5S/c1-3-8-16-11(13)12-17-18(14,15)10-6-4-9(2)5-7-10/h3-7H,1,8H2,2H3,(H,12,13). The number of ether oxygens (including phenoxy) is 1. The molecule has 1 amide bonds. The molecule has 0 radical (unpaired) electrons. The first kappa shape index (κ1) is 14.2. The molecule has 1 aromatic carbocycles. The van der Waals surface area contributed by atoms with Crippen LogP contribution in [0.15, 0.2) is 41.8 Å². The lowest BCUT2D eigenvalue weighted by atomic mass is 10.2. The first-order valence-electron chi connectivity index (χ1n) is 4.99. The maximum Gasteiger partial charge on any atom is 0.432 e. The maximum absolute atomic E-state index is 11.6. The van der Waals surface area contributed by atoms with Gasteiger partial charge in [0.2, 0.25) is 0 Å². The van der Waals surface area contributed by atoms with Crippen molar-refractivity contribution < 1.29 is 22.2 Å². The van der Waals surface area contributed by atoms with E-state index < -0.39 is 16.2 Å². The minimum absolute atomic E-state index is 0.0419. The first-order valence-corrected chi connectivity index (χ1v) is 6.40. The number of aryl methyl sites for hydroxylation is 1. The summed E-state index contributed by atoms with van der Waals surface area (Å²) >= 11 is 0. The Morgan fingerprint density at radius 2 is 2.00 bits per heavy atom. The van der Waals surface area contributed by atoms with Crippen molar-refractivity contribution in [2.45, 2.75) is 11.8 Å². The Bertz CT molecular complexity index is 521. The third kappa shape index (κ3) is 4.19. The molecule has 0 bridgehead atoms. The third-order valence-electron chi connectivity index (χ3n) is 1.88. The summed E-state index contributed by atoms with van der Waals surface area (Å²) in [5.74, 6) is 0. The number of carbonyl (C=O) groups excluding carboxylic acids is 1. The quantitative estimate of drug-likeness (QED) is 0.648. The predicted molar refractivity (Wildman–Crippen MR) is 64.1 cm³/mol. The molecule has 0 aromatic heterocycles. The molecule has 18 heavy (non-hydrogen) atoms. The van der Waals surface area contributed by atoms with Crippen LogP contribution in [0.3, 0.4) is 0 Å². The van der Waals surface area contributed by atoms with Gasteiger partial charge in [-0.15, -0.1) is 4.28 Å². The van der Waals surface area contributed by atoms with E-state index in [1.807, 2.05) is 6.92 Å². The van der Waals surface area contributed by atoms with E-state index in [2.05, 4.69) is 15.6 Å². The second-order valence-electron chi connectivity index (χ2n) is 3.34. The van der Waals surface area contributed by atoms with Crippen molar-refractivity contribution >= 4 is 16.2 Å². The molecule has 1 rings (SSSR count). The normalized spacial score (nSPS) is 10.7. The van der Waals surface area contributed by atoms with Crippen molar-refractivity contribution in [3.05, 3.63) is 42.5 Å². The molecule has 7 heteroatoms. The van der Waals surface area contributed by atoms with Crippen LogP contribution in [-0.4, -0.2) is 21.1 Å². The average molecular weight is 271 g/mol. The van der Waals surface area contributed by atoms with E-state index in [1.165, 1.54) is 18.2 Å². The Hall–Kier alpha value is -1.86. The zero-order chi connectivity index (χ0) is 13.6. The Morgan fingerprint density at radius 1 is 1.39 bits per heavy atom. The number of hydrogen-bond acceptors (Lipinski definition) is 5. The maximum atomic E-state index is 11.6. The van der Waals surface area contributed by atoms with Crippen molar-refractivity contribution in [3.8, 4) is 0 Å². The number of rotatable bonds is 5.